The van der Waals surface area contributed by atoms with E-state index in [1.54, 1.807) is 6.07 Å². The largest absolute Gasteiger partial charge is 0.339 e. The van der Waals surface area contributed by atoms with Crippen molar-refractivity contribution >= 4 is 5.91 Å². The summed E-state index contributed by atoms with van der Waals surface area (Å²) in [5, 5.41) is 8.95. The summed E-state index contributed by atoms with van der Waals surface area (Å²) in [4.78, 5) is 15.0. The number of likely N-dealkylation sites (tertiary alicyclic amines) is 1. The summed E-state index contributed by atoms with van der Waals surface area (Å²) in [7, 11) is 0. The Labute approximate surface area is 176 Å². The van der Waals surface area contributed by atoms with Crippen molar-refractivity contribution in [3.8, 4) is 17.2 Å². The van der Waals surface area contributed by atoms with Gasteiger partial charge in [-0.25, -0.2) is 4.39 Å². The van der Waals surface area contributed by atoms with Gasteiger partial charge in [-0.3, -0.25) is 4.79 Å². The van der Waals surface area contributed by atoms with Gasteiger partial charge in [0.1, 0.15) is 5.82 Å². The van der Waals surface area contributed by atoms with Gasteiger partial charge in [0.15, 0.2) is 0 Å². The standard InChI is InChI=1S/C26H23FN2O/c1-18-5-8-23(16-25(18)22-3-2-4-24(27)15-22)26(30)29-13-11-21(12-14-29)20-9-6-19(17-28)7-10-20/h2-10,15-16,21H,11-14H2,1H3. The van der Waals surface area contributed by atoms with Crippen molar-refractivity contribution < 1.29 is 9.18 Å². The first-order valence-electron chi connectivity index (χ1n) is 10.2. The summed E-state index contributed by atoms with van der Waals surface area (Å²) in [5.74, 6) is 0.141. The predicted octanol–water partition coefficient (Wildman–Crippen LogP) is 5.69. The van der Waals surface area contributed by atoms with Gasteiger partial charge >= 0.3 is 0 Å². The molecule has 150 valence electrons. The van der Waals surface area contributed by atoms with Crippen molar-refractivity contribution in [3.05, 3.63) is 94.8 Å². The van der Waals surface area contributed by atoms with E-state index >= 15 is 0 Å². The van der Waals surface area contributed by atoms with E-state index in [9.17, 15) is 9.18 Å². The van der Waals surface area contributed by atoms with Gasteiger partial charge in [0.05, 0.1) is 11.6 Å². The molecule has 4 rings (SSSR count). The van der Waals surface area contributed by atoms with Crippen LogP contribution in [0.2, 0.25) is 0 Å². The number of benzene rings is 3. The number of hydrogen-bond donors (Lipinski definition) is 0. The average molecular weight is 398 g/mol. The monoisotopic (exact) mass is 398 g/mol. The van der Waals surface area contributed by atoms with Crippen molar-refractivity contribution in [2.45, 2.75) is 25.7 Å². The third kappa shape index (κ3) is 4.11. The smallest absolute Gasteiger partial charge is 0.253 e. The van der Waals surface area contributed by atoms with Crippen molar-refractivity contribution in [2.24, 2.45) is 0 Å². The number of nitriles is 1. The van der Waals surface area contributed by atoms with E-state index in [-0.39, 0.29) is 11.7 Å². The van der Waals surface area contributed by atoms with Crippen LogP contribution in [-0.2, 0) is 0 Å². The van der Waals surface area contributed by atoms with Crippen LogP contribution in [0.25, 0.3) is 11.1 Å². The molecule has 1 heterocycles. The topological polar surface area (TPSA) is 44.1 Å². The second kappa shape index (κ2) is 8.51. The number of aryl methyl sites for hydroxylation is 1. The molecule has 1 fully saturated rings. The van der Waals surface area contributed by atoms with E-state index in [4.69, 9.17) is 5.26 Å². The highest BCUT2D eigenvalue weighted by Crippen LogP contribution is 2.30. The first-order valence-corrected chi connectivity index (χ1v) is 10.2. The van der Waals surface area contributed by atoms with Crippen LogP contribution in [0.5, 0.6) is 0 Å². The van der Waals surface area contributed by atoms with Crippen LogP contribution in [-0.4, -0.2) is 23.9 Å². The van der Waals surface area contributed by atoms with Gasteiger partial charge in [-0.2, -0.15) is 5.26 Å². The molecule has 0 unspecified atom stereocenters. The average Bonchev–Trinajstić information content (AvgIpc) is 2.79. The molecule has 3 aromatic rings. The maximum absolute atomic E-state index is 13.7. The molecule has 4 heteroatoms. The third-order valence-corrected chi connectivity index (χ3v) is 5.91. The van der Waals surface area contributed by atoms with Crippen molar-refractivity contribution in [3.63, 3.8) is 0 Å². The summed E-state index contributed by atoms with van der Waals surface area (Å²) in [6, 6.07) is 22.0. The molecule has 1 aliphatic heterocycles. The number of hydrogen-bond acceptors (Lipinski definition) is 2. The van der Waals surface area contributed by atoms with Crippen molar-refractivity contribution in [2.75, 3.05) is 13.1 Å². The summed E-state index contributed by atoms with van der Waals surface area (Å²) in [6.45, 7) is 3.37. The molecule has 0 spiro atoms. The molecular formula is C26H23FN2O. The highest BCUT2D eigenvalue weighted by atomic mass is 19.1. The Kier molecular flexibility index (Phi) is 5.63. The van der Waals surface area contributed by atoms with Crippen molar-refractivity contribution in [1.82, 2.24) is 4.90 Å². The van der Waals surface area contributed by atoms with E-state index < -0.39 is 0 Å². The number of amides is 1. The van der Waals surface area contributed by atoms with Gasteiger partial charge in [0.25, 0.3) is 5.91 Å². The minimum Gasteiger partial charge on any atom is -0.339 e. The molecule has 0 aliphatic carbocycles. The first-order chi connectivity index (χ1) is 14.5. The van der Waals surface area contributed by atoms with Crippen molar-refractivity contribution in [1.29, 1.82) is 5.26 Å². The molecule has 0 bridgehead atoms. The normalized spacial score (nSPS) is 14.4. The number of piperidine rings is 1. The van der Waals surface area contributed by atoms with Crippen LogP contribution in [0.1, 0.15) is 45.8 Å². The molecule has 3 aromatic carbocycles. The van der Waals surface area contributed by atoms with Crippen LogP contribution in [0.15, 0.2) is 66.7 Å². The molecule has 3 nitrogen and oxygen atoms in total. The van der Waals surface area contributed by atoms with Gasteiger partial charge in [-0.15, -0.1) is 0 Å². The lowest BCUT2D eigenvalue weighted by molar-refractivity contribution is 0.0713. The zero-order valence-electron chi connectivity index (χ0n) is 16.9. The van der Waals surface area contributed by atoms with Gasteiger partial charge in [0, 0.05) is 18.7 Å². The first kappa shape index (κ1) is 19.8. The molecule has 0 N–H and O–H groups in total. The van der Waals surface area contributed by atoms with Crippen LogP contribution in [0, 0.1) is 24.1 Å². The van der Waals surface area contributed by atoms with E-state index in [1.165, 1.54) is 17.7 Å². The number of carbonyl (C=O) groups excluding carboxylic acids is 1. The fourth-order valence-corrected chi connectivity index (χ4v) is 4.15. The Balaban J connectivity index is 1.48. The predicted molar refractivity (Wildman–Crippen MR) is 116 cm³/mol. The van der Waals surface area contributed by atoms with E-state index in [1.807, 2.05) is 60.4 Å². The van der Waals surface area contributed by atoms with Crippen LogP contribution in [0.4, 0.5) is 4.39 Å². The summed E-state index contributed by atoms with van der Waals surface area (Å²) < 4.78 is 13.7. The van der Waals surface area contributed by atoms with Crippen LogP contribution in [0.3, 0.4) is 0 Å². The maximum atomic E-state index is 13.7. The minimum atomic E-state index is -0.284. The number of halogens is 1. The lowest BCUT2D eigenvalue weighted by atomic mass is 9.88. The Hall–Kier alpha value is -3.45. The van der Waals surface area contributed by atoms with Gasteiger partial charge in [0.2, 0.25) is 0 Å². The lowest BCUT2D eigenvalue weighted by Gasteiger charge is -2.32. The number of rotatable bonds is 3. The highest BCUT2D eigenvalue weighted by Gasteiger charge is 2.25. The Bertz CT molecular complexity index is 1110. The Morgan fingerprint density at radius 2 is 1.77 bits per heavy atom. The molecule has 0 atom stereocenters. The molecule has 0 radical (unpaired) electrons. The lowest BCUT2D eigenvalue weighted by Crippen LogP contribution is -2.37. The molecular weight excluding hydrogens is 375 g/mol. The molecule has 0 saturated carbocycles. The van der Waals surface area contributed by atoms with E-state index in [0.717, 1.165) is 29.5 Å². The fourth-order valence-electron chi connectivity index (χ4n) is 4.15. The van der Waals surface area contributed by atoms with Crippen LogP contribution >= 0.6 is 0 Å². The Morgan fingerprint density at radius 1 is 1.03 bits per heavy atom. The van der Waals surface area contributed by atoms with E-state index in [2.05, 4.69) is 6.07 Å². The van der Waals surface area contributed by atoms with Gasteiger partial charge in [-0.05, 0) is 84.3 Å². The number of nitrogens with zero attached hydrogens (tertiary/aromatic N) is 2. The van der Waals surface area contributed by atoms with E-state index in [0.29, 0.717) is 30.1 Å². The summed E-state index contributed by atoms with van der Waals surface area (Å²) in [6.07, 6.45) is 1.81. The molecule has 30 heavy (non-hydrogen) atoms. The minimum absolute atomic E-state index is 0.0194. The molecule has 1 aliphatic rings. The molecule has 1 amide bonds. The third-order valence-electron chi connectivity index (χ3n) is 5.91. The zero-order chi connectivity index (χ0) is 21.1. The maximum Gasteiger partial charge on any atom is 0.253 e. The second-order valence-electron chi connectivity index (χ2n) is 7.84. The summed E-state index contributed by atoms with van der Waals surface area (Å²) >= 11 is 0. The SMILES string of the molecule is Cc1ccc(C(=O)N2CCC(c3ccc(C#N)cc3)CC2)cc1-c1cccc(F)c1. The quantitative estimate of drug-likeness (QED) is 0.569. The van der Waals surface area contributed by atoms with Gasteiger partial charge in [-0.1, -0.05) is 30.3 Å². The molecule has 1 saturated heterocycles. The second-order valence-corrected chi connectivity index (χ2v) is 7.84. The molecule has 0 aromatic heterocycles. The van der Waals surface area contributed by atoms with Gasteiger partial charge < -0.3 is 4.90 Å². The fraction of sp³-hybridized carbons (Fsp3) is 0.231. The zero-order valence-corrected chi connectivity index (χ0v) is 16.9. The van der Waals surface area contributed by atoms with Crippen LogP contribution < -0.4 is 0 Å². The summed E-state index contributed by atoms with van der Waals surface area (Å²) in [5.41, 5.74) is 5.20. The highest BCUT2D eigenvalue weighted by molar-refractivity contribution is 5.96. The Morgan fingerprint density at radius 3 is 2.43 bits per heavy atom. The number of carbonyl (C=O) groups is 1.